The van der Waals surface area contributed by atoms with Crippen molar-refractivity contribution in [2.45, 2.75) is 0 Å². The van der Waals surface area contributed by atoms with Crippen LogP contribution < -0.4 is 5.32 Å². The van der Waals surface area contributed by atoms with E-state index in [4.69, 9.17) is 4.74 Å². The number of hydrogen-bond acceptors (Lipinski definition) is 2. The molecular weight excluding hydrogens is 154 g/mol. The molecule has 3 nitrogen and oxygen atoms in total. The number of carbonyl (C=O) groups excluding carboxylic acids is 1. The standard InChI is InChI=1S/C9H11NO2/c1-3-7-5-12-6-10-9(11)8(7)4-2/h3-4H,1-2,5-6H2,(H,10,11). The van der Waals surface area contributed by atoms with Crippen LogP contribution in [0.1, 0.15) is 0 Å². The Morgan fingerprint density at radius 2 is 2.17 bits per heavy atom. The zero-order valence-corrected chi connectivity index (χ0v) is 6.80. The number of nitrogens with one attached hydrogen (secondary N) is 1. The third-order valence-electron chi connectivity index (χ3n) is 1.63. The van der Waals surface area contributed by atoms with E-state index in [-0.39, 0.29) is 12.6 Å². The highest BCUT2D eigenvalue weighted by Gasteiger charge is 2.13. The van der Waals surface area contributed by atoms with Crippen LogP contribution in [-0.4, -0.2) is 19.2 Å². The Morgan fingerprint density at radius 1 is 1.42 bits per heavy atom. The second-order valence-corrected chi connectivity index (χ2v) is 2.35. The smallest absolute Gasteiger partial charge is 0.253 e. The Hall–Kier alpha value is -1.35. The van der Waals surface area contributed by atoms with Gasteiger partial charge in [-0.25, -0.2) is 0 Å². The lowest BCUT2D eigenvalue weighted by molar-refractivity contribution is -0.118. The number of ether oxygens (including phenoxy) is 1. The molecule has 0 bridgehead atoms. The molecule has 0 aromatic carbocycles. The molecule has 0 atom stereocenters. The van der Waals surface area contributed by atoms with Gasteiger partial charge in [0.2, 0.25) is 0 Å². The van der Waals surface area contributed by atoms with E-state index in [0.717, 1.165) is 5.57 Å². The van der Waals surface area contributed by atoms with Gasteiger partial charge in [0.05, 0.1) is 6.61 Å². The summed E-state index contributed by atoms with van der Waals surface area (Å²) in [6.45, 7) is 7.80. The number of carbonyl (C=O) groups is 1. The topological polar surface area (TPSA) is 38.3 Å². The molecule has 0 aliphatic carbocycles. The second kappa shape index (κ2) is 3.88. The van der Waals surface area contributed by atoms with E-state index in [9.17, 15) is 4.79 Å². The van der Waals surface area contributed by atoms with Gasteiger partial charge in [0, 0.05) is 5.57 Å². The Labute approximate surface area is 71.4 Å². The Kier molecular flexibility index (Phi) is 2.82. The van der Waals surface area contributed by atoms with Crippen molar-refractivity contribution in [1.29, 1.82) is 0 Å². The highest BCUT2D eigenvalue weighted by atomic mass is 16.5. The van der Waals surface area contributed by atoms with Gasteiger partial charge in [-0.05, 0) is 5.57 Å². The molecule has 1 N–H and O–H groups in total. The van der Waals surface area contributed by atoms with E-state index in [1.54, 1.807) is 6.08 Å². The van der Waals surface area contributed by atoms with Gasteiger partial charge in [-0.1, -0.05) is 25.3 Å². The third-order valence-corrected chi connectivity index (χ3v) is 1.63. The van der Waals surface area contributed by atoms with Crippen LogP contribution in [0.25, 0.3) is 0 Å². The van der Waals surface area contributed by atoms with Crippen molar-refractivity contribution >= 4 is 5.91 Å². The van der Waals surface area contributed by atoms with Gasteiger partial charge in [-0.15, -0.1) is 0 Å². The molecular formula is C9H11NO2. The summed E-state index contributed by atoms with van der Waals surface area (Å²) in [5.74, 6) is -0.155. The van der Waals surface area contributed by atoms with Gasteiger partial charge in [0.25, 0.3) is 5.91 Å². The first-order valence-corrected chi connectivity index (χ1v) is 3.63. The molecule has 0 aromatic heterocycles. The zero-order valence-electron chi connectivity index (χ0n) is 6.80. The molecule has 1 aliphatic rings. The Morgan fingerprint density at radius 3 is 2.75 bits per heavy atom. The van der Waals surface area contributed by atoms with Crippen LogP contribution in [0.5, 0.6) is 0 Å². The first-order chi connectivity index (χ1) is 5.79. The van der Waals surface area contributed by atoms with Crippen LogP contribution in [0, 0.1) is 0 Å². The molecule has 1 amide bonds. The van der Waals surface area contributed by atoms with Crippen LogP contribution in [0.2, 0.25) is 0 Å². The number of rotatable bonds is 2. The fraction of sp³-hybridized carbons (Fsp3) is 0.222. The minimum Gasteiger partial charge on any atom is -0.357 e. The van der Waals surface area contributed by atoms with E-state index < -0.39 is 0 Å². The summed E-state index contributed by atoms with van der Waals surface area (Å²) in [4.78, 5) is 11.2. The number of hydrogen-bond donors (Lipinski definition) is 1. The lowest BCUT2D eigenvalue weighted by Gasteiger charge is -2.00. The Balaban J connectivity index is 3.02. The molecule has 0 radical (unpaired) electrons. The molecule has 0 fully saturated rings. The average molecular weight is 165 g/mol. The first kappa shape index (κ1) is 8.74. The van der Waals surface area contributed by atoms with Crippen LogP contribution >= 0.6 is 0 Å². The fourth-order valence-electron chi connectivity index (χ4n) is 0.989. The quantitative estimate of drug-likeness (QED) is 0.656. The molecule has 1 heterocycles. The third kappa shape index (κ3) is 1.62. The second-order valence-electron chi connectivity index (χ2n) is 2.35. The van der Waals surface area contributed by atoms with Crippen molar-refractivity contribution in [3.63, 3.8) is 0 Å². The molecule has 0 saturated carbocycles. The van der Waals surface area contributed by atoms with Crippen molar-refractivity contribution < 1.29 is 9.53 Å². The van der Waals surface area contributed by atoms with E-state index in [1.807, 2.05) is 0 Å². The van der Waals surface area contributed by atoms with Gasteiger partial charge in [-0.3, -0.25) is 4.79 Å². The van der Waals surface area contributed by atoms with Gasteiger partial charge in [-0.2, -0.15) is 0 Å². The van der Waals surface area contributed by atoms with Gasteiger partial charge in [0.15, 0.2) is 0 Å². The molecule has 64 valence electrons. The highest BCUT2D eigenvalue weighted by Crippen LogP contribution is 2.10. The molecule has 12 heavy (non-hydrogen) atoms. The minimum atomic E-state index is -0.155. The summed E-state index contributed by atoms with van der Waals surface area (Å²) in [5.41, 5.74) is 1.32. The lowest BCUT2D eigenvalue weighted by Crippen LogP contribution is -2.24. The summed E-state index contributed by atoms with van der Waals surface area (Å²) < 4.78 is 5.09. The van der Waals surface area contributed by atoms with E-state index >= 15 is 0 Å². The zero-order chi connectivity index (χ0) is 8.97. The van der Waals surface area contributed by atoms with Crippen LogP contribution in [-0.2, 0) is 9.53 Å². The van der Waals surface area contributed by atoms with Crippen molar-refractivity contribution in [2.75, 3.05) is 13.3 Å². The molecule has 1 rings (SSSR count). The minimum absolute atomic E-state index is 0.155. The van der Waals surface area contributed by atoms with Crippen molar-refractivity contribution in [3.8, 4) is 0 Å². The maximum absolute atomic E-state index is 11.2. The van der Waals surface area contributed by atoms with Crippen LogP contribution in [0.15, 0.2) is 36.5 Å². The summed E-state index contributed by atoms with van der Waals surface area (Å²) in [5, 5.41) is 2.57. The summed E-state index contributed by atoms with van der Waals surface area (Å²) >= 11 is 0. The molecule has 0 saturated heterocycles. The van der Waals surface area contributed by atoms with Crippen LogP contribution in [0.4, 0.5) is 0 Å². The van der Waals surface area contributed by atoms with E-state index in [2.05, 4.69) is 18.5 Å². The summed E-state index contributed by atoms with van der Waals surface area (Å²) in [7, 11) is 0. The number of amides is 1. The van der Waals surface area contributed by atoms with E-state index in [0.29, 0.717) is 12.2 Å². The summed E-state index contributed by atoms with van der Waals surface area (Å²) in [6.07, 6.45) is 3.13. The molecule has 0 spiro atoms. The van der Waals surface area contributed by atoms with Crippen molar-refractivity contribution in [1.82, 2.24) is 5.32 Å². The first-order valence-electron chi connectivity index (χ1n) is 3.63. The van der Waals surface area contributed by atoms with Crippen LogP contribution in [0.3, 0.4) is 0 Å². The largest absolute Gasteiger partial charge is 0.357 e. The van der Waals surface area contributed by atoms with Crippen molar-refractivity contribution in [2.24, 2.45) is 0 Å². The van der Waals surface area contributed by atoms with Gasteiger partial charge >= 0.3 is 0 Å². The molecule has 3 heteroatoms. The summed E-state index contributed by atoms with van der Waals surface area (Å²) in [6, 6.07) is 0. The van der Waals surface area contributed by atoms with Gasteiger partial charge in [0.1, 0.15) is 6.73 Å². The SMILES string of the molecule is C=CC1=C(C=C)C(=O)NCOC1. The maximum atomic E-state index is 11.2. The molecule has 0 unspecified atom stereocenters. The highest BCUT2D eigenvalue weighted by molar-refractivity contribution is 5.97. The predicted molar refractivity (Wildman–Crippen MR) is 46.4 cm³/mol. The van der Waals surface area contributed by atoms with E-state index in [1.165, 1.54) is 6.08 Å². The monoisotopic (exact) mass is 165 g/mol. The molecule has 0 aromatic rings. The van der Waals surface area contributed by atoms with Crippen molar-refractivity contribution in [3.05, 3.63) is 36.5 Å². The average Bonchev–Trinajstić information content (AvgIpc) is 2.26. The maximum Gasteiger partial charge on any atom is 0.253 e. The van der Waals surface area contributed by atoms with Gasteiger partial charge < -0.3 is 10.1 Å². The Bertz CT molecular complexity index is 253. The normalized spacial score (nSPS) is 18.2. The lowest BCUT2D eigenvalue weighted by atomic mass is 10.1. The molecule has 1 aliphatic heterocycles. The predicted octanol–water partition coefficient (Wildman–Crippen LogP) is 0.759. The fourth-order valence-corrected chi connectivity index (χ4v) is 0.989.